The second-order valence-electron chi connectivity index (χ2n) is 11.7. The lowest BCUT2D eigenvalue weighted by molar-refractivity contribution is -0.646. The molecule has 3 aliphatic rings. The third-order valence-electron chi connectivity index (χ3n) is 7.90. The fourth-order valence-electron chi connectivity index (χ4n) is 5.54. The topological polar surface area (TPSA) is 131 Å². The molecule has 208 valence electrons. The normalized spacial score (nSPS) is 22.5. The van der Waals surface area contributed by atoms with Crippen molar-refractivity contribution >= 4 is 27.6 Å². The van der Waals surface area contributed by atoms with Gasteiger partial charge in [0.05, 0.1) is 12.6 Å². The number of hydrogen-bond acceptors (Lipinski definition) is 6. The summed E-state index contributed by atoms with van der Waals surface area (Å²) in [6.07, 6.45) is 3.78. The highest BCUT2D eigenvalue weighted by Gasteiger charge is 2.55. The lowest BCUT2D eigenvalue weighted by atomic mass is 9.86. The highest BCUT2D eigenvalue weighted by atomic mass is 32.2. The summed E-state index contributed by atoms with van der Waals surface area (Å²) in [6, 6.07) is 8.86. The van der Waals surface area contributed by atoms with Crippen molar-refractivity contribution in [2.24, 2.45) is 5.92 Å². The number of amides is 2. The van der Waals surface area contributed by atoms with Gasteiger partial charge in [-0.3, -0.25) is 14.4 Å². The van der Waals surface area contributed by atoms with Crippen LogP contribution < -0.4 is 10.0 Å². The van der Waals surface area contributed by atoms with Crippen molar-refractivity contribution < 1.29 is 27.5 Å². The van der Waals surface area contributed by atoms with Gasteiger partial charge in [0.25, 0.3) is 5.91 Å². The minimum atomic E-state index is -4.25. The molecular weight excluding hydrogens is 520 g/mol. The van der Waals surface area contributed by atoms with E-state index in [1.54, 1.807) is 12.1 Å². The Balaban J connectivity index is 1.34. The van der Waals surface area contributed by atoms with Crippen molar-refractivity contribution in [1.82, 2.24) is 14.5 Å². The molecule has 1 aromatic heterocycles. The first kappa shape index (κ1) is 27.3. The number of hydrogen-bond donors (Lipinski definition) is 1. The predicted octanol–water partition coefficient (Wildman–Crippen LogP) is 1.76. The van der Waals surface area contributed by atoms with E-state index in [2.05, 4.69) is 26.1 Å². The Kier molecular flexibility index (Phi) is 7.00. The summed E-state index contributed by atoms with van der Waals surface area (Å²) in [5, 5.41) is 14.6. The Morgan fingerprint density at radius 2 is 1.79 bits per heavy atom. The van der Waals surface area contributed by atoms with Crippen LogP contribution in [0.25, 0.3) is 0 Å². The van der Waals surface area contributed by atoms with E-state index in [1.807, 2.05) is 12.1 Å². The smallest absolute Gasteiger partial charge is 0.323 e. The number of sulfonamides is 1. The van der Waals surface area contributed by atoms with E-state index in [0.29, 0.717) is 17.9 Å². The van der Waals surface area contributed by atoms with Gasteiger partial charge in [0, 0.05) is 24.2 Å². The van der Waals surface area contributed by atoms with Crippen LogP contribution in [0.1, 0.15) is 62.4 Å². The lowest BCUT2D eigenvalue weighted by Crippen LogP contribution is -2.52. The minimum absolute atomic E-state index is 0.0601. The number of nitrogens with zero attached hydrogens (tertiary/aromatic N) is 3. The van der Waals surface area contributed by atoms with Crippen LogP contribution in [0.15, 0.2) is 53.7 Å². The second kappa shape index (κ2) is 10.0. The van der Waals surface area contributed by atoms with Gasteiger partial charge in [-0.15, -0.1) is 0 Å². The number of rotatable bonds is 7. The monoisotopic (exact) mass is 554 g/mol. The van der Waals surface area contributed by atoms with Crippen LogP contribution in [0.5, 0.6) is 0 Å². The molecule has 39 heavy (non-hydrogen) atoms. The van der Waals surface area contributed by atoms with Crippen LogP contribution in [-0.2, 0) is 25.0 Å². The van der Waals surface area contributed by atoms with E-state index in [9.17, 15) is 28.0 Å². The minimum Gasteiger partial charge on any atom is -0.618 e. The molecule has 3 heterocycles. The summed E-state index contributed by atoms with van der Waals surface area (Å²) in [7, 11) is -4.25. The van der Waals surface area contributed by atoms with Crippen LogP contribution in [0.2, 0.25) is 0 Å². The number of carbonyl (C=O) groups is 3. The number of pyridine rings is 1. The molecule has 10 nitrogen and oxygen atoms in total. The number of benzene rings is 1. The van der Waals surface area contributed by atoms with Crippen molar-refractivity contribution in [1.29, 1.82) is 0 Å². The summed E-state index contributed by atoms with van der Waals surface area (Å²) in [5.41, 5.74) is 1.47. The number of fused-ring (bicyclic) bond motifs is 1. The van der Waals surface area contributed by atoms with Crippen LogP contribution in [0.3, 0.4) is 0 Å². The Morgan fingerprint density at radius 1 is 1.10 bits per heavy atom. The van der Waals surface area contributed by atoms with Gasteiger partial charge in [0.15, 0.2) is 12.0 Å². The van der Waals surface area contributed by atoms with Crippen LogP contribution >= 0.6 is 0 Å². The highest BCUT2D eigenvalue weighted by molar-refractivity contribution is 7.89. The zero-order chi connectivity index (χ0) is 28.1. The molecule has 1 N–H and O–H groups in total. The first-order chi connectivity index (χ1) is 18.4. The Bertz CT molecular complexity index is 1400. The van der Waals surface area contributed by atoms with E-state index >= 15 is 0 Å². The SMILES string of the molecule is CC(C)(C)c1ccc(C(=O)NC(CC2CC2)C(=O)N2CCC3C2C(=O)CN3S(=O)(=O)c2cccc[n+]2[O-])cc1. The summed E-state index contributed by atoms with van der Waals surface area (Å²) in [5.74, 6) is -0.809. The molecule has 1 saturated carbocycles. The largest absolute Gasteiger partial charge is 0.618 e. The number of aromatic nitrogens is 1. The summed E-state index contributed by atoms with van der Waals surface area (Å²) >= 11 is 0. The van der Waals surface area contributed by atoms with E-state index < -0.39 is 45.5 Å². The average molecular weight is 555 g/mol. The number of carbonyl (C=O) groups excluding carboxylic acids is 3. The van der Waals surface area contributed by atoms with Crippen molar-refractivity contribution in [3.05, 3.63) is 65.0 Å². The first-order valence-corrected chi connectivity index (χ1v) is 14.8. The second-order valence-corrected chi connectivity index (χ2v) is 13.6. The van der Waals surface area contributed by atoms with Gasteiger partial charge in [0.2, 0.25) is 5.91 Å². The first-order valence-electron chi connectivity index (χ1n) is 13.3. The molecule has 1 aliphatic carbocycles. The van der Waals surface area contributed by atoms with Crippen molar-refractivity contribution in [3.8, 4) is 0 Å². The molecule has 2 aliphatic heterocycles. The van der Waals surface area contributed by atoms with Gasteiger partial charge in [-0.2, -0.15) is 9.04 Å². The molecule has 3 fully saturated rings. The van der Waals surface area contributed by atoms with Gasteiger partial charge < -0.3 is 15.4 Å². The molecule has 0 radical (unpaired) electrons. The molecule has 2 aromatic rings. The molecule has 5 rings (SSSR count). The van der Waals surface area contributed by atoms with Gasteiger partial charge in [-0.25, -0.2) is 8.42 Å². The highest BCUT2D eigenvalue weighted by Crippen LogP contribution is 2.37. The standard InChI is InChI=1S/C28H34N4O6S/c1-28(2,3)20-11-9-19(10-12-20)26(34)29-21(16-18-7-8-18)27(35)30-15-13-22-25(30)23(33)17-32(22)39(37,38)24-6-4-5-14-31(24)36/h4-6,9-12,14,18,21-22,25H,7-8,13,15-17H2,1-3H3,(H,29,34). The molecule has 1 aromatic carbocycles. The number of likely N-dealkylation sites (tertiary alicyclic amines) is 1. The van der Waals surface area contributed by atoms with Crippen molar-refractivity contribution in [2.75, 3.05) is 13.1 Å². The fraction of sp³-hybridized carbons (Fsp3) is 0.500. The number of Topliss-reactive ketones (excluding diaryl/α,β-unsaturated/α-hetero) is 1. The third-order valence-corrected chi connectivity index (χ3v) is 9.77. The van der Waals surface area contributed by atoms with Crippen LogP contribution in [-0.4, -0.2) is 66.4 Å². The maximum absolute atomic E-state index is 13.8. The van der Waals surface area contributed by atoms with Crippen LogP contribution in [0.4, 0.5) is 0 Å². The maximum Gasteiger partial charge on any atom is 0.323 e. The summed E-state index contributed by atoms with van der Waals surface area (Å²) in [6.45, 7) is 6.05. The molecule has 3 unspecified atom stereocenters. The van der Waals surface area contributed by atoms with Gasteiger partial charge >= 0.3 is 15.0 Å². The molecule has 11 heteroatoms. The van der Waals surface area contributed by atoms with Gasteiger partial charge in [-0.05, 0) is 47.9 Å². The molecule has 2 amide bonds. The molecule has 0 spiro atoms. The summed E-state index contributed by atoms with van der Waals surface area (Å²) < 4.78 is 27.9. The van der Waals surface area contributed by atoms with E-state index in [0.717, 1.165) is 28.9 Å². The zero-order valence-corrected chi connectivity index (χ0v) is 23.2. The predicted molar refractivity (Wildman–Crippen MR) is 142 cm³/mol. The average Bonchev–Trinajstić information content (AvgIpc) is 3.49. The van der Waals surface area contributed by atoms with Crippen LogP contribution in [0, 0.1) is 11.1 Å². The Labute approximate surface area is 228 Å². The quantitative estimate of drug-likeness (QED) is 0.410. The molecule has 2 saturated heterocycles. The van der Waals surface area contributed by atoms with Gasteiger partial charge in [0.1, 0.15) is 12.1 Å². The fourth-order valence-corrected chi connectivity index (χ4v) is 7.20. The van der Waals surface area contributed by atoms with E-state index in [4.69, 9.17) is 0 Å². The van der Waals surface area contributed by atoms with Crippen molar-refractivity contribution in [3.63, 3.8) is 0 Å². The third kappa shape index (κ3) is 5.29. The lowest BCUT2D eigenvalue weighted by Gasteiger charge is -2.28. The van der Waals surface area contributed by atoms with Crippen molar-refractivity contribution in [2.45, 2.75) is 75.0 Å². The molecule has 3 atom stereocenters. The summed E-state index contributed by atoms with van der Waals surface area (Å²) in [4.78, 5) is 41.4. The zero-order valence-electron chi connectivity index (χ0n) is 22.4. The molecular formula is C28H34N4O6S. The van der Waals surface area contributed by atoms with Gasteiger partial charge in [-0.1, -0.05) is 45.7 Å². The number of ketones is 1. The van der Waals surface area contributed by atoms with E-state index in [-0.39, 0.29) is 34.9 Å². The van der Waals surface area contributed by atoms with E-state index in [1.165, 1.54) is 23.1 Å². The Morgan fingerprint density at radius 3 is 2.41 bits per heavy atom. The Hall–Kier alpha value is -3.31. The maximum atomic E-state index is 13.8. The molecule has 0 bridgehead atoms. The number of nitrogens with one attached hydrogen (secondary N) is 1.